The van der Waals surface area contributed by atoms with Crippen LogP contribution in [0.15, 0.2) is 106 Å². The second kappa shape index (κ2) is 9.66. The van der Waals surface area contributed by atoms with E-state index in [-0.39, 0.29) is 23.1 Å². The molecule has 0 spiro atoms. The van der Waals surface area contributed by atoms with E-state index in [2.05, 4.69) is 0 Å². The van der Waals surface area contributed by atoms with E-state index >= 15 is 0 Å². The van der Waals surface area contributed by atoms with E-state index in [1.807, 2.05) is 36.4 Å². The molecular weight excluding hydrogens is 505 g/mol. The molecule has 4 nitrogen and oxygen atoms in total. The number of ether oxygens (including phenoxy) is 1. The summed E-state index contributed by atoms with van der Waals surface area (Å²) in [7, 11) is 0. The minimum Gasteiger partial charge on any atom is -0.507 e. The minimum atomic E-state index is -4.40. The lowest BCUT2D eigenvalue weighted by Crippen LogP contribution is -2.23. The van der Waals surface area contributed by atoms with Crippen LogP contribution in [0, 0.1) is 0 Å². The molecule has 0 amide bonds. The molecule has 0 saturated heterocycles. The van der Waals surface area contributed by atoms with Gasteiger partial charge in [-0.3, -0.25) is 0 Å². The van der Waals surface area contributed by atoms with Crippen molar-refractivity contribution in [2.45, 2.75) is 30.9 Å². The maximum absolute atomic E-state index is 13.1. The Balaban J connectivity index is 1.30. The molecule has 196 valence electrons. The van der Waals surface area contributed by atoms with Gasteiger partial charge in [0.05, 0.1) is 16.5 Å². The summed E-state index contributed by atoms with van der Waals surface area (Å²) in [6.07, 6.45) is -3.06. The Kier molecular flexibility index (Phi) is 6.14. The molecule has 1 aromatic heterocycles. The second-order valence-electron chi connectivity index (χ2n) is 9.73. The quantitative estimate of drug-likeness (QED) is 0.239. The molecule has 2 unspecified atom stereocenters. The maximum Gasteiger partial charge on any atom is 0.416 e. The number of aromatic hydroxyl groups is 1. The largest absolute Gasteiger partial charge is 0.507 e. The highest BCUT2D eigenvalue weighted by Crippen LogP contribution is 2.46. The van der Waals surface area contributed by atoms with Gasteiger partial charge >= 0.3 is 11.8 Å². The molecule has 1 N–H and O–H groups in total. The number of fused-ring (bicyclic) bond motifs is 2. The third-order valence-electron chi connectivity index (χ3n) is 7.35. The fourth-order valence-corrected chi connectivity index (χ4v) is 5.46. The van der Waals surface area contributed by atoms with Crippen molar-refractivity contribution in [2.75, 3.05) is 0 Å². The first-order valence-electron chi connectivity index (χ1n) is 12.6. The lowest BCUT2D eigenvalue weighted by molar-refractivity contribution is -0.137. The van der Waals surface area contributed by atoms with Gasteiger partial charge in [0.25, 0.3) is 0 Å². The fraction of sp³-hybridized carbons (Fsp3) is 0.156. The molecule has 0 aliphatic heterocycles. The Morgan fingerprint density at radius 2 is 1.46 bits per heavy atom. The van der Waals surface area contributed by atoms with Crippen molar-refractivity contribution in [3.63, 3.8) is 0 Å². The summed E-state index contributed by atoms with van der Waals surface area (Å²) in [6, 6.07) is 26.8. The predicted octanol–water partition coefficient (Wildman–Crippen LogP) is 8.17. The maximum atomic E-state index is 13.1. The van der Waals surface area contributed by atoms with Crippen molar-refractivity contribution in [3.05, 3.63) is 135 Å². The van der Waals surface area contributed by atoms with E-state index in [1.54, 1.807) is 36.4 Å². The van der Waals surface area contributed by atoms with Crippen LogP contribution in [0.25, 0.3) is 11.0 Å². The van der Waals surface area contributed by atoms with Gasteiger partial charge in [-0.25, -0.2) is 4.79 Å². The summed E-state index contributed by atoms with van der Waals surface area (Å²) in [5, 5.41) is 11.7. The Labute approximate surface area is 221 Å². The van der Waals surface area contributed by atoms with E-state index in [4.69, 9.17) is 9.15 Å². The summed E-state index contributed by atoms with van der Waals surface area (Å²) in [6.45, 7) is 0. The van der Waals surface area contributed by atoms with Crippen LogP contribution < -0.4 is 10.4 Å². The van der Waals surface area contributed by atoms with Crippen LogP contribution in [0.5, 0.6) is 17.2 Å². The van der Waals surface area contributed by atoms with Gasteiger partial charge in [-0.15, -0.1) is 0 Å². The molecule has 7 heteroatoms. The van der Waals surface area contributed by atoms with Gasteiger partial charge < -0.3 is 14.3 Å². The Hall–Kier alpha value is -4.52. The number of hydrogen-bond donors (Lipinski definition) is 1. The van der Waals surface area contributed by atoms with Crippen molar-refractivity contribution in [3.8, 4) is 17.2 Å². The van der Waals surface area contributed by atoms with Crippen LogP contribution >= 0.6 is 0 Å². The molecule has 0 radical (unpaired) electrons. The third kappa shape index (κ3) is 4.76. The summed E-state index contributed by atoms with van der Waals surface area (Å²) in [4.78, 5) is 13.1. The number of hydrogen-bond acceptors (Lipinski definition) is 4. The summed E-state index contributed by atoms with van der Waals surface area (Å²) < 4.78 is 49.8. The number of benzene rings is 4. The van der Waals surface area contributed by atoms with Crippen LogP contribution in [0.1, 0.15) is 46.1 Å². The first-order chi connectivity index (χ1) is 18.8. The Bertz CT molecular complexity index is 1700. The molecule has 0 bridgehead atoms. The van der Waals surface area contributed by atoms with Gasteiger partial charge in [-0.1, -0.05) is 48.5 Å². The number of para-hydroxylation sites is 1. The topological polar surface area (TPSA) is 59.7 Å². The fourth-order valence-electron chi connectivity index (χ4n) is 5.46. The molecule has 39 heavy (non-hydrogen) atoms. The summed E-state index contributed by atoms with van der Waals surface area (Å²) >= 11 is 0. The average Bonchev–Trinajstić information content (AvgIpc) is 2.93. The SMILES string of the molecule is O=c1oc2ccccc2c(O)c1C1CC(c2ccc(Oc3ccc(C(F)(F)F)cc3)cc2)Cc2ccccc21. The average molecular weight is 529 g/mol. The van der Waals surface area contributed by atoms with Crippen LogP contribution in [0.2, 0.25) is 0 Å². The lowest BCUT2D eigenvalue weighted by atomic mass is 9.72. The highest BCUT2D eigenvalue weighted by molar-refractivity contribution is 5.84. The van der Waals surface area contributed by atoms with Crippen molar-refractivity contribution in [1.29, 1.82) is 0 Å². The molecule has 2 atom stereocenters. The zero-order chi connectivity index (χ0) is 27.1. The molecule has 0 fully saturated rings. The monoisotopic (exact) mass is 528 g/mol. The lowest BCUT2D eigenvalue weighted by Gasteiger charge is -2.32. The summed E-state index contributed by atoms with van der Waals surface area (Å²) in [5.41, 5.74) is 2.43. The van der Waals surface area contributed by atoms with Crippen molar-refractivity contribution in [2.24, 2.45) is 0 Å². The van der Waals surface area contributed by atoms with Crippen molar-refractivity contribution < 1.29 is 27.4 Å². The van der Waals surface area contributed by atoms with Crippen LogP contribution in [0.4, 0.5) is 13.2 Å². The molecule has 0 saturated carbocycles. The van der Waals surface area contributed by atoms with Gasteiger partial charge in [-0.05, 0) is 84.0 Å². The van der Waals surface area contributed by atoms with Gasteiger partial charge in [0.1, 0.15) is 22.8 Å². The zero-order valence-electron chi connectivity index (χ0n) is 20.6. The molecule has 5 aromatic rings. The normalized spacial score (nSPS) is 17.1. The van der Waals surface area contributed by atoms with E-state index in [1.165, 1.54) is 12.1 Å². The van der Waals surface area contributed by atoms with E-state index in [9.17, 15) is 23.1 Å². The molecule has 1 heterocycles. The highest BCUT2D eigenvalue weighted by Gasteiger charge is 2.33. The van der Waals surface area contributed by atoms with Gasteiger partial charge in [0, 0.05) is 5.92 Å². The Morgan fingerprint density at radius 3 is 2.18 bits per heavy atom. The zero-order valence-corrected chi connectivity index (χ0v) is 20.6. The van der Waals surface area contributed by atoms with E-state index in [0.717, 1.165) is 35.2 Å². The number of halogens is 3. The Morgan fingerprint density at radius 1 is 0.821 bits per heavy atom. The first kappa shape index (κ1) is 24.8. The smallest absolute Gasteiger partial charge is 0.416 e. The van der Waals surface area contributed by atoms with E-state index in [0.29, 0.717) is 28.9 Å². The molecule has 6 rings (SSSR count). The predicted molar refractivity (Wildman–Crippen MR) is 141 cm³/mol. The molecule has 1 aliphatic rings. The molecular formula is C32H23F3O4. The highest BCUT2D eigenvalue weighted by atomic mass is 19.4. The van der Waals surface area contributed by atoms with Crippen LogP contribution in [-0.4, -0.2) is 5.11 Å². The number of rotatable bonds is 4. The van der Waals surface area contributed by atoms with Gasteiger partial charge in [-0.2, -0.15) is 13.2 Å². The summed E-state index contributed by atoms with van der Waals surface area (Å²) in [5.74, 6) is 0.446. The first-order valence-corrected chi connectivity index (χ1v) is 12.6. The minimum absolute atomic E-state index is 0.0512. The number of alkyl halides is 3. The van der Waals surface area contributed by atoms with E-state index < -0.39 is 17.4 Å². The second-order valence-corrected chi connectivity index (χ2v) is 9.73. The van der Waals surface area contributed by atoms with Crippen LogP contribution in [0.3, 0.4) is 0 Å². The van der Waals surface area contributed by atoms with Gasteiger partial charge in [0.2, 0.25) is 0 Å². The third-order valence-corrected chi connectivity index (χ3v) is 7.35. The van der Waals surface area contributed by atoms with Crippen molar-refractivity contribution >= 4 is 11.0 Å². The molecule has 4 aromatic carbocycles. The standard InChI is InChI=1S/C32H23F3O4/c33-32(34,35)22-11-15-24(16-12-22)38-23-13-9-19(10-14-23)21-17-20-5-1-2-6-25(20)27(18-21)29-30(36)26-7-3-4-8-28(26)39-31(29)37/h1-16,21,27,36H,17-18H2. The van der Waals surface area contributed by atoms with Crippen molar-refractivity contribution in [1.82, 2.24) is 0 Å². The van der Waals surface area contributed by atoms with Gasteiger partial charge in [0.15, 0.2) is 0 Å². The molecule has 1 aliphatic carbocycles. The van der Waals surface area contributed by atoms with Crippen LogP contribution in [-0.2, 0) is 12.6 Å².